The molecule has 0 aliphatic rings. The molecule has 0 bridgehead atoms. The lowest BCUT2D eigenvalue weighted by Crippen LogP contribution is -2.48. The van der Waals surface area contributed by atoms with Crippen LogP contribution >= 0.6 is 0 Å². The van der Waals surface area contributed by atoms with E-state index in [1.54, 1.807) is 0 Å². The summed E-state index contributed by atoms with van der Waals surface area (Å²) in [4.78, 5) is 25.8. The number of hydrogen-bond acceptors (Lipinski definition) is 4. The number of carbonyl (C=O) groups is 2. The maximum atomic E-state index is 13.0. The monoisotopic (exact) mass is 781 g/mol. The molecule has 0 aromatic heterocycles. The van der Waals surface area contributed by atoms with Crippen LogP contribution in [0.4, 0.5) is 4.79 Å². The first kappa shape index (κ1) is 49.4. The predicted octanol–water partition coefficient (Wildman–Crippen LogP) is 12.1. The van der Waals surface area contributed by atoms with Crippen LogP contribution in [-0.2, 0) is 4.79 Å². The number of likely N-dealkylation sites (N-methyl/N-ethyl adjacent to an activating group) is 1. The van der Waals surface area contributed by atoms with Crippen LogP contribution < -0.4 is 9.47 Å². The maximum Gasteiger partial charge on any atom is 0.521 e. The van der Waals surface area contributed by atoms with Crippen molar-refractivity contribution in [2.75, 3.05) is 75.0 Å². The van der Waals surface area contributed by atoms with Crippen molar-refractivity contribution in [1.82, 2.24) is 0 Å². The lowest BCUT2D eigenvalue weighted by molar-refractivity contribution is -0.890. The number of quaternary nitrogens is 3. The molecule has 1 amide bonds. The molecule has 7 heteroatoms. The molecule has 2 aromatic rings. The highest BCUT2D eigenvalue weighted by atomic mass is 16.6. The lowest BCUT2D eigenvalue weighted by Gasteiger charge is -2.30. The average Bonchev–Trinajstić information content (AvgIpc) is 3.09. The molecule has 2 aromatic carbocycles. The summed E-state index contributed by atoms with van der Waals surface area (Å²) in [7, 11) is 13.0. The fraction of sp³-hybridized carbons (Fsp3) is 0.714. The number of aryl methyl sites for hydroxylation is 2. The van der Waals surface area contributed by atoms with Gasteiger partial charge in [-0.15, -0.1) is 0 Å². The molecule has 0 fully saturated rings. The summed E-state index contributed by atoms with van der Waals surface area (Å²) in [5.74, 6) is 1.92. The Bertz CT molecular complexity index is 1440. The van der Waals surface area contributed by atoms with Gasteiger partial charge in [0, 0.05) is 0 Å². The number of nitrogens with zero attached hydrogens (tertiary/aromatic N) is 3. The molecule has 0 N–H and O–H groups in total. The van der Waals surface area contributed by atoms with E-state index in [0.29, 0.717) is 28.6 Å². The zero-order valence-corrected chi connectivity index (χ0v) is 38.4. The number of unbranched alkanes of at least 4 members (excludes halogenated alkanes) is 14. The van der Waals surface area contributed by atoms with Crippen LogP contribution in [0.1, 0.15) is 165 Å². The van der Waals surface area contributed by atoms with Crippen LogP contribution in [0, 0.1) is 13.8 Å². The maximum absolute atomic E-state index is 13.0. The molecular weight excluding hydrogens is 695 g/mol. The summed E-state index contributed by atoms with van der Waals surface area (Å²) >= 11 is 0. The molecule has 0 aliphatic carbocycles. The van der Waals surface area contributed by atoms with Crippen LogP contribution in [0.15, 0.2) is 36.4 Å². The van der Waals surface area contributed by atoms with Gasteiger partial charge in [0.2, 0.25) is 0 Å². The summed E-state index contributed by atoms with van der Waals surface area (Å²) in [6.45, 7) is 17.4. The highest BCUT2D eigenvalue weighted by Gasteiger charge is 2.30. The van der Waals surface area contributed by atoms with Crippen molar-refractivity contribution < 1.29 is 32.5 Å². The number of benzene rings is 2. The minimum absolute atomic E-state index is 0.139. The SMILES string of the molecule is Cc1ccc(C(C)C)c(OC(=O)C[N+](C)(C)CCCCCCCCCC[N+](C)(C)CCCCCCCCCC[N+](C)(C)C(=O)Oc2cc(C)ccc2C(C)C)c1. The number of carbonyl (C=O) groups excluding carboxylic acids is 2. The molecule has 2 rings (SSSR count). The van der Waals surface area contributed by atoms with E-state index in [1.807, 2.05) is 40.1 Å². The Kier molecular flexibility index (Phi) is 22.0. The summed E-state index contributed by atoms with van der Waals surface area (Å²) in [6, 6.07) is 12.3. The molecule has 0 saturated carbocycles. The number of amides is 1. The van der Waals surface area contributed by atoms with Gasteiger partial charge in [-0.25, -0.2) is 9.28 Å². The molecule has 318 valence electrons. The summed E-state index contributed by atoms with van der Waals surface area (Å²) in [6.07, 6.45) is 20.2. The normalized spacial score (nSPS) is 12.5. The topological polar surface area (TPSA) is 52.6 Å². The Labute approximate surface area is 344 Å². The van der Waals surface area contributed by atoms with Gasteiger partial charge in [0.25, 0.3) is 0 Å². The zero-order valence-electron chi connectivity index (χ0n) is 38.4. The number of esters is 1. The first-order chi connectivity index (χ1) is 26.3. The second kappa shape index (κ2) is 24.9. The molecule has 0 aliphatic heterocycles. The van der Waals surface area contributed by atoms with Crippen LogP contribution in [0.3, 0.4) is 0 Å². The minimum atomic E-state index is -0.172. The molecule has 0 radical (unpaired) electrons. The van der Waals surface area contributed by atoms with Crippen molar-refractivity contribution in [1.29, 1.82) is 0 Å². The van der Waals surface area contributed by atoms with Gasteiger partial charge in [0.1, 0.15) is 11.5 Å². The average molecular weight is 781 g/mol. The van der Waals surface area contributed by atoms with Crippen LogP contribution in [-0.4, -0.2) is 101 Å². The summed E-state index contributed by atoms with van der Waals surface area (Å²) in [5, 5.41) is 0. The van der Waals surface area contributed by atoms with Gasteiger partial charge in [-0.05, 0) is 111 Å². The third-order valence-corrected chi connectivity index (χ3v) is 11.6. The van der Waals surface area contributed by atoms with E-state index in [4.69, 9.17) is 9.47 Å². The van der Waals surface area contributed by atoms with Crippen molar-refractivity contribution in [2.45, 2.75) is 156 Å². The van der Waals surface area contributed by atoms with Gasteiger partial charge in [-0.2, -0.15) is 4.79 Å². The highest BCUT2D eigenvalue weighted by Crippen LogP contribution is 2.29. The first-order valence-electron chi connectivity index (χ1n) is 22.4. The third-order valence-electron chi connectivity index (χ3n) is 11.6. The fourth-order valence-corrected chi connectivity index (χ4v) is 7.67. The molecule has 0 saturated heterocycles. The van der Waals surface area contributed by atoms with Crippen LogP contribution in [0.25, 0.3) is 0 Å². The smallest absolute Gasteiger partial charge is 0.422 e. The van der Waals surface area contributed by atoms with Crippen molar-refractivity contribution >= 4 is 12.1 Å². The molecule has 7 nitrogen and oxygen atoms in total. The standard InChI is InChI=1S/C49H86N3O4/c1-40(2)44-31-29-42(5)37-46(44)55-48(53)39-51(9,10)35-27-23-19-14-13-17-21-25-33-50(7,8)34-26-22-18-15-16-20-24-28-36-52(11,12)49(54)56-47-38-43(6)30-32-45(47)41(3)4/h29-32,37-38,40-41H,13-28,33-36,39H2,1-12H3/q+3. The van der Waals surface area contributed by atoms with Crippen molar-refractivity contribution in [3.63, 3.8) is 0 Å². The fourth-order valence-electron chi connectivity index (χ4n) is 7.67. The summed E-state index contributed by atoms with van der Waals surface area (Å²) in [5.41, 5.74) is 4.41. The van der Waals surface area contributed by atoms with Crippen molar-refractivity contribution in [2.24, 2.45) is 0 Å². The van der Waals surface area contributed by atoms with E-state index in [0.717, 1.165) is 58.4 Å². The lowest BCUT2D eigenvalue weighted by atomic mass is 10.0. The van der Waals surface area contributed by atoms with E-state index in [-0.39, 0.29) is 16.5 Å². The minimum Gasteiger partial charge on any atom is -0.422 e. The summed E-state index contributed by atoms with van der Waals surface area (Å²) < 4.78 is 13.8. The van der Waals surface area contributed by atoms with E-state index in [9.17, 15) is 9.59 Å². The van der Waals surface area contributed by atoms with E-state index in [1.165, 1.54) is 103 Å². The van der Waals surface area contributed by atoms with Gasteiger partial charge >= 0.3 is 12.1 Å². The molecule has 56 heavy (non-hydrogen) atoms. The second-order valence-electron chi connectivity index (χ2n) is 19.5. The molecule has 0 spiro atoms. The van der Waals surface area contributed by atoms with Gasteiger partial charge < -0.3 is 18.4 Å². The van der Waals surface area contributed by atoms with E-state index in [2.05, 4.69) is 80.2 Å². The Morgan fingerprint density at radius 1 is 0.482 bits per heavy atom. The third kappa shape index (κ3) is 20.1. The van der Waals surface area contributed by atoms with Crippen LogP contribution in [0.5, 0.6) is 11.5 Å². The van der Waals surface area contributed by atoms with Crippen molar-refractivity contribution in [3.05, 3.63) is 58.7 Å². The Balaban J connectivity index is 1.45. The van der Waals surface area contributed by atoms with Crippen LogP contribution in [0.2, 0.25) is 0 Å². The van der Waals surface area contributed by atoms with Gasteiger partial charge in [-0.1, -0.05) is 103 Å². The van der Waals surface area contributed by atoms with Gasteiger partial charge in [-0.3, -0.25) is 0 Å². The molecule has 0 atom stereocenters. The quantitative estimate of drug-likeness (QED) is 0.0373. The Morgan fingerprint density at radius 3 is 1.21 bits per heavy atom. The molecule has 0 heterocycles. The number of rotatable bonds is 28. The second-order valence-corrected chi connectivity index (χ2v) is 19.5. The van der Waals surface area contributed by atoms with Gasteiger partial charge in [0.05, 0.1) is 68.5 Å². The Morgan fingerprint density at radius 2 is 0.821 bits per heavy atom. The van der Waals surface area contributed by atoms with Gasteiger partial charge in [0.15, 0.2) is 6.54 Å². The number of hydrogen-bond donors (Lipinski definition) is 0. The zero-order chi connectivity index (χ0) is 41.8. The van der Waals surface area contributed by atoms with Crippen molar-refractivity contribution in [3.8, 4) is 11.5 Å². The van der Waals surface area contributed by atoms with E-state index < -0.39 is 0 Å². The Hall–Kier alpha value is -2.74. The highest BCUT2D eigenvalue weighted by molar-refractivity contribution is 5.74. The number of ether oxygens (including phenoxy) is 2. The predicted molar refractivity (Wildman–Crippen MR) is 237 cm³/mol. The first-order valence-corrected chi connectivity index (χ1v) is 22.4. The molecular formula is C49H86N3O4+3. The molecule has 0 unspecified atom stereocenters. The van der Waals surface area contributed by atoms with E-state index >= 15 is 0 Å². The largest absolute Gasteiger partial charge is 0.521 e.